The van der Waals surface area contributed by atoms with Gasteiger partial charge in [-0.15, -0.1) is 0 Å². The van der Waals surface area contributed by atoms with Crippen molar-refractivity contribution in [3.05, 3.63) is 34.9 Å². The SMILES string of the molecule is CC1NC(C)(C)COC1c1ccc2c(c1)CCCC2. The highest BCUT2D eigenvalue weighted by Gasteiger charge is 2.33. The van der Waals surface area contributed by atoms with Crippen molar-refractivity contribution in [1.82, 2.24) is 5.32 Å². The van der Waals surface area contributed by atoms with Crippen LogP contribution in [0.5, 0.6) is 0 Å². The molecular formula is C17H25NO. The molecule has 1 fully saturated rings. The predicted molar refractivity (Wildman–Crippen MR) is 78.5 cm³/mol. The summed E-state index contributed by atoms with van der Waals surface area (Å²) in [4.78, 5) is 0. The number of ether oxygens (including phenoxy) is 1. The van der Waals surface area contributed by atoms with Crippen molar-refractivity contribution >= 4 is 0 Å². The van der Waals surface area contributed by atoms with Crippen LogP contribution in [0.3, 0.4) is 0 Å². The smallest absolute Gasteiger partial charge is 0.0976 e. The molecule has 2 nitrogen and oxygen atoms in total. The van der Waals surface area contributed by atoms with E-state index in [0.29, 0.717) is 6.04 Å². The van der Waals surface area contributed by atoms with Crippen LogP contribution < -0.4 is 5.32 Å². The maximum absolute atomic E-state index is 6.12. The molecule has 2 aliphatic rings. The maximum Gasteiger partial charge on any atom is 0.0976 e. The molecule has 1 heterocycles. The van der Waals surface area contributed by atoms with Crippen molar-refractivity contribution in [3.8, 4) is 0 Å². The quantitative estimate of drug-likeness (QED) is 0.834. The van der Waals surface area contributed by atoms with Gasteiger partial charge in [0.05, 0.1) is 12.7 Å². The predicted octanol–water partition coefficient (Wildman–Crippen LogP) is 3.39. The molecule has 104 valence electrons. The fourth-order valence-electron chi connectivity index (χ4n) is 3.49. The minimum atomic E-state index is 0.0874. The molecule has 1 aliphatic heterocycles. The van der Waals surface area contributed by atoms with Crippen LogP contribution in [0.2, 0.25) is 0 Å². The maximum atomic E-state index is 6.12. The zero-order valence-electron chi connectivity index (χ0n) is 12.3. The van der Waals surface area contributed by atoms with Crippen LogP contribution in [0.1, 0.15) is 56.4 Å². The first-order chi connectivity index (χ1) is 9.05. The van der Waals surface area contributed by atoms with E-state index in [0.717, 1.165) is 6.61 Å². The summed E-state index contributed by atoms with van der Waals surface area (Å²) in [5, 5.41) is 3.66. The minimum Gasteiger partial charge on any atom is -0.370 e. The lowest BCUT2D eigenvalue weighted by molar-refractivity contribution is -0.0496. The van der Waals surface area contributed by atoms with E-state index in [9.17, 15) is 0 Å². The van der Waals surface area contributed by atoms with Crippen LogP contribution in [0.15, 0.2) is 18.2 Å². The lowest BCUT2D eigenvalue weighted by atomic mass is 9.88. The van der Waals surface area contributed by atoms with Gasteiger partial charge in [-0.1, -0.05) is 18.2 Å². The number of nitrogens with one attached hydrogen (secondary N) is 1. The Hall–Kier alpha value is -0.860. The molecule has 19 heavy (non-hydrogen) atoms. The average Bonchev–Trinajstić information content (AvgIpc) is 2.37. The molecule has 3 rings (SSSR count). The monoisotopic (exact) mass is 259 g/mol. The molecule has 1 aliphatic carbocycles. The van der Waals surface area contributed by atoms with E-state index in [1.807, 2.05) is 0 Å². The van der Waals surface area contributed by atoms with Gasteiger partial charge in [0.25, 0.3) is 0 Å². The molecule has 1 saturated heterocycles. The number of fused-ring (bicyclic) bond motifs is 1. The molecule has 1 N–H and O–H groups in total. The van der Waals surface area contributed by atoms with E-state index >= 15 is 0 Å². The Morgan fingerprint density at radius 3 is 2.63 bits per heavy atom. The van der Waals surface area contributed by atoms with Gasteiger partial charge in [-0.2, -0.15) is 0 Å². The third-order valence-corrected chi connectivity index (χ3v) is 4.40. The van der Waals surface area contributed by atoms with E-state index < -0.39 is 0 Å². The zero-order valence-corrected chi connectivity index (χ0v) is 12.3. The van der Waals surface area contributed by atoms with Crippen molar-refractivity contribution in [2.75, 3.05) is 6.61 Å². The summed E-state index contributed by atoms with van der Waals surface area (Å²) in [6.45, 7) is 7.41. The molecule has 2 heteroatoms. The number of aryl methyl sites for hydroxylation is 2. The van der Waals surface area contributed by atoms with E-state index in [-0.39, 0.29) is 11.6 Å². The zero-order chi connectivity index (χ0) is 13.5. The fraction of sp³-hybridized carbons (Fsp3) is 0.647. The number of morpholine rings is 1. The first-order valence-electron chi connectivity index (χ1n) is 7.56. The molecule has 2 unspecified atom stereocenters. The van der Waals surface area contributed by atoms with E-state index in [1.54, 1.807) is 11.1 Å². The Morgan fingerprint density at radius 2 is 1.89 bits per heavy atom. The van der Waals surface area contributed by atoms with Crippen LogP contribution in [-0.2, 0) is 17.6 Å². The van der Waals surface area contributed by atoms with Crippen molar-refractivity contribution in [1.29, 1.82) is 0 Å². The Balaban J connectivity index is 1.82. The van der Waals surface area contributed by atoms with Crippen LogP contribution in [0.4, 0.5) is 0 Å². The van der Waals surface area contributed by atoms with Gasteiger partial charge < -0.3 is 10.1 Å². The van der Waals surface area contributed by atoms with Gasteiger partial charge in [0.15, 0.2) is 0 Å². The third-order valence-electron chi connectivity index (χ3n) is 4.40. The molecule has 2 atom stereocenters. The number of benzene rings is 1. The molecule has 0 radical (unpaired) electrons. The summed E-state index contributed by atoms with van der Waals surface area (Å²) >= 11 is 0. The first-order valence-corrected chi connectivity index (χ1v) is 7.56. The second-order valence-corrected chi connectivity index (χ2v) is 6.78. The van der Waals surface area contributed by atoms with Crippen LogP contribution in [0, 0.1) is 0 Å². The molecule has 0 aromatic heterocycles. The van der Waals surface area contributed by atoms with Crippen molar-refractivity contribution < 1.29 is 4.74 Å². The van der Waals surface area contributed by atoms with Crippen LogP contribution in [-0.4, -0.2) is 18.2 Å². The first kappa shape index (κ1) is 13.1. The van der Waals surface area contributed by atoms with Crippen LogP contribution >= 0.6 is 0 Å². The fourth-order valence-corrected chi connectivity index (χ4v) is 3.49. The van der Waals surface area contributed by atoms with E-state index in [4.69, 9.17) is 4.74 Å². The molecule has 1 aromatic carbocycles. The molecule has 0 bridgehead atoms. The van der Waals surface area contributed by atoms with Crippen molar-refractivity contribution in [2.24, 2.45) is 0 Å². The summed E-state index contributed by atoms with van der Waals surface area (Å²) in [5.74, 6) is 0. The summed E-state index contributed by atoms with van der Waals surface area (Å²) in [5.41, 5.74) is 4.52. The van der Waals surface area contributed by atoms with Crippen molar-refractivity contribution in [3.63, 3.8) is 0 Å². The van der Waals surface area contributed by atoms with Gasteiger partial charge in [-0.3, -0.25) is 0 Å². The normalized spacial score (nSPS) is 29.8. The lowest BCUT2D eigenvalue weighted by Gasteiger charge is -2.41. The molecular weight excluding hydrogens is 234 g/mol. The lowest BCUT2D eigenvalue weighted by Crippen LogP contribution is -2.55. The Morgan fingerprint density at radius 1 is 1.16 bits per heavy atom. The highest BCUT2D eigenvalue weighted by molar-refractivity contribution is 5.35. The Labute approximate surface area is 116 Å². The number of hydrogen-bond acceptors (Lipinski definition) is 2. The van der Waals surface area contributed by atoms with Gasteiger partial charge in [-0.25, -0.2) is 0 Å². The number of rotatable bonds is 1. The van der Waals surface area contributed by atoms with Gasteiger partial charge in [0, 0.05) is 11.6 Å². The summed E-state index contributed by atoms with van der Waals surface area (Å²) in [6, 6.07) is 7.34. The molecule has 0 saturated carbocycles. The van der Waals surface area contributed by atoms with Gasteiger partial charge >= 0.3 is 0 Å². The molecule has 0 amide bonds. The highest BCUT2D eigenvalue weighted by atomic mass is 16.5. The third kappa shape index (κ3) is 2.70. The molecule has 1 aromatic rings. The molecule has 0 spiro atoms. The topological polar surface area (TPSA) is 21.3 Å². The Kier molecular flexibility index (Phi) is 3.40. The van der Waals surface area contributed by atoms with E-state index in [2.05, 4.69) is 44.3 Å². The Bertz CT molecular complexity index is 466. The highest BCUT2D eigenvalue weighted by Crippen LogP contribution is 2.31. The van der Waals surface area contributed by atoms with Crippen LogP contribution in [0.25, 0.3) is 0 Å². The minimum absolute atomic E-state index is 0.0874. The van der Waals surface area contributed by atoms with Crippen molar-refractivity contribution in [2.45, 2.75) is 64.1 Å². The van der Waals surface area contributed by atoms with E-state index in [1.165, 1.54) is 31.2 Å². The van der Waals surface area contributed by atoms with Gasteiger partial charge in [0.1, 0.15) is 0 Å². The average molecular weight is 259 g/mol. The summed E-state index contributed by atoms with van der Waals surface area (Å²) in [6.07, 6.45) is 5.37. The van der Waals surface area contributed by atoms with Gasteiger partial charge in [-0.05, 0) is 63.1 Å². The second-order valence-electron chi connectivity index (χ2n) is 6.78. The summed E-state index contributed by atoms with van der Waals surface area (Å²) < 4.78 is 6.12. The number of hydrogen-bond donors (Lipinski definition) is 1. The standard InChI is InChI=1S/C17H25NO/c1-12-16(19-11-17(2,3)18-12)15-9-8-13-6-4-5-7-14(13)10-15/h8-10,12,16,18H,4-7,11H2,1-3H3. The summed E-state index contributed by atoms with van der Waals surface area (Å²) in [7, 11) is 0. The second kappa shape index (κ2) is 4.92. The van der Waals surface area contributed by atoms with Gasteiger partial charge in [0.2, 0.25) is 0 Å². The largest absolute Gasteiger partial charge is 0.370 e.